The van der Waals surface area contributed by atoms with Gasteiger partial charge in [-0.3, -0.25) is 4.79 Å². The first-order chi connectivity index (χ1) is 21.5. The number of rotatable bonds is 18. The lowest BCUT2D eigenvalue weighted by molar-refractivity contribution is -0.333. The molecule has 3 aliphatic rings. The van der Waals surface area contributed by atoms with Gasteiger partial charge in [0, 0.05) is 38.6 Å². The molecule has 3 heterocycles. The fraction of sp³-hybridized carbons (Fsp3) is 0.742. The molecule has 0 aliphatic carbocycles. The van der Waals surface area contributed by atoms with Crippen molar-refractivity contribution in [2.75, 3.05) is 65.7 Å². The standard InChI is InChI=1S/C31H47F4N3O7/c1-23(7-8-25(16-32)15-28(41)38-18-26(19-38)17-36-11-3-2-6-27(40)20-39)44-14-4-5-24-9-12-37(13-10-24)29(42)45-30(21-43-22-30)31(33,34)35/h7-8,16,24,26-27,36,39-40H,1-6,9-15,17-22H2/b8-7-,25-16-/t27-/m0/s1. The number of hydrogen-bond donors (Lipinski definition) is 3. The van der Waals surface area contributed by atoms with E-state index in [1.165, 1.54) is 17.1 Å². The summed E-state index contributed by atoms with van der Waals surface area (Å²) >= 11 is 0. The normalized spacial score (nSPS) is 20.1. The second kappa shape index (κ2) is 17.9. The molecular weight excluding hydrogens is 602 g/mol. The van der Waals surface area contributed by atoms with Crippen LogP contribution in [0, 0.1) is 11.8 Å². The number of piperidine rings is 1. The van der Waals surface area contributed by atoms with Crippen LogP contribution in [0.25, 0.3) is 0 Å². The van der Waals surface area contributed by atoms with E-state index in [2.05, 4.69) is 16.6 Å². The Kier molecular flexibility index (Phi) is 14.6. The minimum Gasteiger partial charge on any atom is -0.494 e. The van der Waals surface area contributed by atoms with Gasteiger partial charge in [0.2, 0.25) is 5.91 Å². The van der Waals surface area contributed by atoms with E-state index in [4.69, 9.17) is 14.6 Å². The van der Waals surface area contributed by atoms with Crippen LogP contribution >= 0.6 is 0 Å². The van der Waals surface area contributed by atoms with E-state index < -0.39 is 37.2 Å². The highest BCUT2D eigenvalue weighted by Crippen LogP contribution is 2.40. The lowest BCUT2D eigenvalue weighted by Gasteiger charge is -2.43. The minimum atomic E-state index is -4.67. The molecule has 3 fully saturated rings. The maximum atomic E-state index is 13.4. The highest BCUT2D eigenvalue weighted by molar-refractivity contribution is 5.80. The van der Waals surface area contributed by atoms with Crippen LogP contribution in [0.15, 0.2) is 36.4 Å². The number of aliphatic hydroxyl groups is 2. The average molecular weight is 650 g/mol. The third-order valence-corrected chi connectivity index (χ3v) is 8.46. The lowest BCUT2D eigenvalue weighted by Crippen LogP contribution is -2.64. The third kappa shape index (κ3) is 11.6. The van der Waals surface area contributed by atoms with Crippen LogP contribution in [0.5, 0.6) is 0 Å². The average Bonchev–Trinajstić information content (AvgIpc) is 2.96. The van der Waals surface area contributed by atoms with E-state index in [-0.39, 0.29) is 24.5 Å². The molecule has 3 saturated heterocycles. The molecule has 0 bridgehead atoms. The van der Waals surface area contributed by atoms with E-state index in [0.29, 0.717) is 82.4 Å². The number of nitrogens with zero attached hydrogens (tertiary/aromatic N) is 2. The van der Waals surface area contributed by atoms with Crippen molar-refractivity contribution in [2.24, 2.45) is 11.8 Å². The number of alkyl halides is 3. The van der Waals surface area contributed by atoms with Crippen LogP contribution in [0.3, 0.4) is 0 Å². The van der Waals surface area contributed by atoms with Crippen molar-refractivity contribution < 1.29 is 51.6 Å². The lowest BCUT2D eigenvalue weighted by atomic mass is 9.92. The second-order valence-electron chi connectivity index (χ2n) is 12.1. The Morgan fingerprint density at radius 2 is 1.80 bits per heavy atom. The van der Waals surface area contributed by atoms with Crippen LogP contribution in [-0.4, -0.2) is 116 Å². The summed E-state index contributed by atoms with van der Waals surface area (Å²) < 4.78 is 68.2. The number of unbranched alkanes of at least 4 members (excludes halogenated alkanes) is 1. The zero-order chi connectivity index (χ0) is 32.9. The van der Waals surface area contributed by atoms with Crippen LogP contribution in [0.2, 0.25) is 0 Å². The first-order valence-electron chi connectivity index (χ1n) is 15.6. The summed E-state index contributed by atoms with van der Waals surface area (Å²) in [7, 11) is 0. The van der Waals surface area contributed by atoms with Gasteiger partial charge in [-0.05, 0) is 69.1 Å². The Morgan fingerprint density at radius 3 is 2.40 bits per heavy atom. The topological polar surface area (TPSA) is 121 Å². The molecule has 256 valence electrons. The first kappa shape index (κ1) is 36.8. The van der Waals surface area contributed by atoms with Gasteiger partial charge in [-0.2, -0.15) is 13.2 Å². The number of halogens is 4. The van der Waals surface area contributed by atoms with Crippen molar-refractivity contribution in [2.45, 2.75) is 69.2 Å². The van der Waals surface area contributed by atoms with Crippen molar-refractivity contribution in [1.29, 1.82) is 0 Å². The summed E-state index contributed by atoms with van der Waals surface area (Å²) in [5.74, 6) is 0.826. The molecule has 0 saturated carbocycles. The summed E-state index contributed by atoms with van der Waals surface area (Å²) in [6.45, 7) is 6.08. The van der Waals surface area contributed by atoms with Gasteiger partial charge in [0.25, 0.3) is 5.60 Å². The molecule has 0 aromatic carbocycles. The van der Waals surface area contributed by atoms with Crippen molar-refractivity contribution in [1.82, 2.24) is 15.1 Å². The predicted molar refractivity (Wildman–Crippen MR) is 158 cm³/mol. The van der Waals surface area contributed by atoms with Crippen molar-refractivity contribution in [3.8, 4) is 0 Å². The zero-order valence-electron chi connectivity index (χ0n) is 25.7. The smallest absolute Gasteiger partial charge is 0.433 e. The molecule has 14 heteroatoms. The number of nitrogens with one attached hydrogen (secondary N) is 1. The van der Waals surface area contributed by atoms with Gasteiger partial charge < -0.3 is 39.5 Å². The monoisotopic (exact) mass is 649 g/mol. The van der Waals surface area contributed by atoms with E-state index >= 15 is 0 Å². The number of hydrogen-bond acceptors (Lipinski definition) is 8. The summed E-state index contributed by atoms with van der Waals surface area (Å²) in [5, 5.41) is 21.5. The molecular formula is C31H47F4N3O7. The maximum Gasteiger partial charge on any atom is 0.433 e. The Balaban J connectivity index is 1.22. The fourth-order valence-electron chi connectivity index (χ4n) is 5.38. The van der Waals surface area contributed by atoms with Gasteiger partial charge in [0.05, 0.1) is 45.3 Å². The summed E-state index contributed by atoms with van der Waals surface area (Å²) in [4.78, 5) is 27.8. The maximum absolute atomic E-state index is 13.4. The number of likely N-dealkylation sites (tertiary alicyclic amines) is 2. The highest BCUT2D eigenvalue weighted by Gasteiger charge is 2.64. The Morgan fingerprint density at radius 1 is 1.09 bits per heavy atom. The van der Waals surface area contributed by atoms with Crippen molar-refractivity contribution in [3.63, 3.8) is 0 Å². The van der Waals surface area contributed by atoms with Crippen LogP contribution in [0.4, 0.5) is 22.4 Å². The molecule has 45 heavy (non-hydrogen) atoms. The van der Waals surface area contributed by atoms with Crippen molar-refractivity contribution >= 4 is 12.0 Å². The predicted octanol–water partition coefficient (Wildman–Crippen LogP) is 3.85. The van der Waals surface area contributed by atoms with E-state index in [0.717, 1.165) is 32.4 Å². The van der Waals surface area contributed by atoms with E-state index in [1.54, 1.807) is 4.90 Å². The van der Waals surface area contributed by atoms with Gasteiger partial charge in [-0.1, -0.05) is 12.7 Å². The molecule has 3 rings (SSSR count). The molecule has 0 unspecified atom stereocenters. The summed E-state index contributed by atoms with van der Waals surface area (Å²) in [6.07, 6.45) is 2.14. The summed E-state index contributed by atoms with van der Waals surface area (Å²) in [5.41, 5.74) is -2.33. The zero-order valence-corrected chi connectivity index (χ0v) is 25.7. The molecule has 0 aromatic heterocycles. The molecule has 0 radical (unpaired) electrons. The SMILES string of the molecule is C=C(/C=C\C(=C\F)CC(=O)N1CC(CNCCCC[C@H](O)CO)C1)OCCCC1CCN(C(=O)OC2(C(F)(F)F)COC2)CC1. The Labute approximate surface area is 262 Å². The van der Waals surface area contributed by atoms with Gasteiger partial charge in [0.1, 0.15) is 5.76 Å². The van der Waals surface area contributed by atoms with Gasteiger partial charge >= 0.3 is 12.3 Å². The molecule has 3 aliphatic heterocycles. The molecule has 1 atom stereocenters. The fourth-order valence-corrected chi connectivity index (χ4v) is 5.38. The number of allylic oxidation sites excluding steroid dienone is 2. The quantitative estimate of drug-likeness (QED) is 0.0887. The van der Waals surface area contributed by atoms with Crippen LogP contribution in [-0.2, 0) is 19.0 Å². The largest absolute Gasteiger partial charge is 0.494 e. The molecule has 2 amide bonds. The van der Waals surface area contributed by atoms with Crippen LogP contribution in [0.1, 0.15) is 51.4 Å². The summed E-state index contributed by atoms with van der Waals surface area (Å²) in [6, 6.07) is 0. The number of aliphatic hydroxyl groups excluding tert-OH is 2. The van der Waals surface area contributed by atoms with Gasteiger partial charge in [-0.25, -0.2) is 9.18 Å². The minimum absolute atomic E-state index is 0.0647. The van der Waals surface area contributed by atoms with E-state index in [1.807, 2.05) is 0 Å². The molecule has 0 spiro atoms. The number of amides is 2. The molecule has 10 nitrogen and oxygen atoms in total. The number of ether oxygens (including phenoxy) is 3. The number of carbonyl (C=O) groups excluding carboxylic acids is 2. The molecule has 3 N–H and O–H groups in total. The van der Waals surface area contributed by atoms with Crippen molar-refractivity contribution in [3.05, 3.63) is 36.4 Å². The van der Waals surface area contributed by atoms with Crippen LogP contribution < -0.4 is 5.32 Å². The first-order valence-corrected chi connectivity index (χ1v) is 15.6. The third-order valence-electron chi connectivity index (χ3n) is 8.46. The second-order valence-corrected chi connectivity index (χ2v) is 12.1. The Hall–Kier alpha value is -2.68. The highest BCUT2D eigenvalue weighted by atomic mass is 19.4. The Bertz CT molecular complexity index is 1020. The van der Waals surface area contributed by atoms with Gasteiger partial charge in [0.15, 0.2) is 0 Å². The van der Waals surface area contributed by atoms with Gasteiger partial charge in [-0.15, -0.1) is 0 Å². The number of carbonyl (C=O) groups is 2. The van der Waals surface area contributed by atoms with E-state index in [9.17, 15) is 32.3 Å². The molecule has 0 aromatic rings.